The highest BCUT2D eigenvalue weighted by Gasteiger charge is 2.23. The molecule has 1 atom stereocenters. The predicted molar refractivity (Wildman–Crippen MR) is 92.7 cm³/mol. The molecular formula is C18H18N2O5. The summed E-state index contributed by atoms with van der Waals surface area (Å²) in [5.41, 5.74) is 1.48. The van der Waals surface area contributed by atoms with Crippen molar-refractivity contribution in [1.82, 2.24) is 0 Å². The number of hydrogen-bond acceptors (Lipinski definition) is 5. The SMILES string of the molecule is COc1ccc(C(=O)Nc2ccc3c(c2)NC(=O)[C@H](C)O3)cc1OC. The van der Waals surface area contributed by atoms with Gasteiger partial charge >= 0.3 is 0 Å². The van der Waals surface area contributed by atoms with E-state index < -0.39 is 6.10 Å². The van der Waals surface area contributed by atoms with Crippen LogP contribution in [0.4, 0.5) is 11.4 Å². The van der Waals surface area contributed by atoms with Crippen molar-refractivity contribution in [2.24, 2.45) is 0 Å². The van der Waals surface area contributed by atoms with E-state index >= 15 is 0 Å². The van der Waals surface area contributed by atoms with Crippen LogP contribution in [-0.2, 0) is 4.79 Å². The number of benzene rings is 2. The molecule has 0 saturated heterocycles. The van der Waals surface area contributed by atoms with Crippen molar-refractivity contribution >= 4 is 23.2 Å². The zero-order chi connectivity index (χ0) is 18.0. The molecule has 2 N–H and O–H groups in total. The van der Waals surface area contributed by atoms with Crippen LogP contribution in [0.3, 0.4) is 0 Å². The van der Waals surface area contributed by atoms with Gasteiger partial charge in [-0.25, -0.2) is 0 Å². The van der Waals surface area contributed by atoms with Gasteiger partial charge in [0.25, 0.3) is 11.8 Å². The summed E-state index contributed by atoms with van der Waals surface area (Å²) in [4.78, 5) is 24.1. The first kappa shape index (κ1) is 16.6. The Kier molecular flexibility index (Phi) is 4.47. The molecule has 7 heteroatoms. The lowest BCUT2D eigenvalue weighted by molar-refractivity contribution is -0.122. The first-order valence-electron chi connectivity index (χ1n) is 7.66. The Morgan fingerprint density at radius 2 is 1.88 bits per heavy atom. The van der Waals surface area contributed by atoms with Gasteiger partial charge in [0.2, 0.25) is 0 Å². The summed E-state index contributed by atoms with van der Waals surface area (Å²) < 4.78 is 15.9. The standard InChI is InChI=1S/C18H18N2O5/c1-10-17(21)20-13-9-12(5-7-14(13)25-10)19-18(22)11-4-6-15(23-2)16(8-11)24-3/h4-10H,1-3H3,(H,19,22)(H,20,21)/t10-/m0/s1. The van der Waals surface area contributed by atoms with Gasteiger partial charge < -0.3 is 24.8 Å². The average molecular weight is 342 g/mol. The van der Waals surface area contributed by atoms with Gasteiger partial charge in [-0.05, 0) is 43.3 Å². The normalized spacial score (nSPS) is 15.5. The molecular weight excluding hydrogens is 324 g/mol. The van der Waals surface area contributed by atoms with Crippen LogP contribution in [0.5, 0.6) is 17.2 Å². The van der Waals surface area contributed by atoms with E-state index in [1.54, 1.807) is 43.3 Å². The molecule has 0 saturated carbocycles. The molecule has 2 amide bonds. The fraction of sp³-hybridized carbons (Fsp3) is 0.222. The zero-order valence-electron chi connectivity index (χ0n) is 14.1. The minimum atomic E-state index is -0.542. The highest BCUT2D eigenvalue weighted by molar-refractivity contribution is 6.05. The molecule has 2 aromatic carbocycles. The lowest BCUT2D eigenvalue weighted by Crippen LogP contribution is -2.34. The second kappa shape index (κ2) is 6.72. The highest BCUT2D eigenvalue weighted by atomic mass is 16.5. The van der Waals surface area contributed by atoms with Gasteiger partial charge in [0.15, 0.2) is 17.6 Å². The van der Waals surface area contributed by atoms with Crippen LogP contribution in [0, 0.1) is 0 Å². The maximum Gasteiger partial charge on any atom is 0.265 e. The Morgan fingerprint density at radius 3 is 2.60 bits per heavy atom. The second-order valence-electron chi connectivity index (χ2n) is 5.48. The third-order valence-corrected chi connectivity index (χ3v) is 3.81. The molecule has 0 spiro atoms. The van der Waals surface area contributed by atoms with Crippen LogP contribution in [-0.4, -0.2) is 32.1 Å². The molecule has 0 unspecified atom stereocenters. The number of hydrogen-bond donors (Lipinski definition) is 2. The quantitative estimate of drug-likeness (QED) is 0.892. The minimum Gasteiger partial charge on any atom is -0.493 e. The van der Waals surface area contributed by atoms with Crippen LogP contribution >= 0.6 is 0 Å². The number of carbonyl (C=O) groups is 2. The average Bonchev–Trinajstić information content (AvgIpc) is 2.62. The van der Waals surface area contributed by atoms with E-state index in [9.17, 15) is 9.59 Å². The van der Waals surface area contributed by atoms with Crippen LogP contribution in [0.25, 0.3) is 0 Å². The Labute approximate surface area is 144 Å². The van der Waals surface area contributed by atoms with Gasteiger partial charge in [-0.2, -0.15) is 0 Å². The summed E-state index contributed by atoms with van der Waals surface area (Å²) in [6.07, 6.45) is -0.542. The van der Waals surface area contributed by atoms with Gasteiger partial charge in [0, 0.05) is 11.3 Å². The van der Waals surface area contributed by atoms with Crippen molar-refractivity contribution in [2.45, 2.75) is 13.0 Å². The van der Waals surface area contributed by atoms with Gasteiger partial charge in [-0.3, -0.25) is 9.59 Å². The summed E-state index contributed by atoms with van der Waals surface area (Å²) in [5, 5.41) is 5.53. The monoisotopic (exact) mass is 342 g/mol. The largest absolute Gasteiger partial charge is 0.493 e. The van der Waals surface area contributed by atoms with E-state index in [-0.39, 0.29) is 11.8 Å². The Bertz CT molecular complexity index is 834. The van der Waals surface area contributed by atoms with E-state index in [0.717, 1.165) is 0 Å². The molecule has 0 aromatic heterocycles. The second-order valence-corrected chi connectivity index (χ2v) is 5.48. The van der Waals surface area contributed by atoms with E-state index in [1.165, 1.54) is 14.2 Å². The molecule has 1 aliphatic rings. The van der Waals surface area contributed by atoms with Gasteiger partial charge in [0.05, 0.1) is 19.9 Å². The van der Waals surface area contributed by atoms with Crippen LogP contribution in [0.15, 0.2) is 36.4 Å². The summed E-state index contributed by atoms with van der Waals surface area (Å²) >= 11 is 0. The Hall–Kier alpha value is -3.22. The van der Waals surface area contributed by atoms with E-state index in [1.807, 2.05) is 0 Å². The smallest absolute Gasteiger partial charge is 0.265 e. The number of ether oxygens (including phenoxy) is 3. The Morgan fingerprint density at radius 1 is 1.12 bits per heavy atom. The maximum atomic E-state index is 12.4. The van der Waals surface area contributed by atoms with Crippen molar-refractivity contribution < 1.29 is 23.8 Å². The van der Waals surface area contributed by atoms with Crippen molar-refractivity contribution in [3.05, 3.63) is 42.0 Å². The number of amides is 2. The van der Waals surface area contributed by atoms with Crippen molar-refractivity contribution in [3.63, 3.8) is 0 Å². The first-order valence-corrected chi connectivity index (χ1v) is 7.66. The predicted octanol–water partition coefficient (Wildman–Crippen LogP) is 2.68. The molecule has 2 aromatic rings. The first-order chi connectivity index (χ1) is 12.0. The Balaban J connectivity index is 1.80. The third-order valence-electron chi connectivity index (χ3n) is 3.81. The van der Waals surface area contributed by atoms with Crippen LogP contribution in [0.1, 0.15) is 17.3 Å². The third kappa shape index (κ3) is 3.35. The number of fused-ring (bicyclic) bond motifs is 1. The van der Waals surface area contributed by atoms with E-state index in [2.05, 4.69) is 10.6 Å². The molecule has 25 heavy (non-hydrogen) atoms. The fourth-order valence-electron chi connectivity index (χ4n) is 2.47. The van der Waals surface area contributed by atoms with Crippen LogP contribution < -0.4 is 24.8 Å². The summed E-state index contributed by atoms with van der Waals surface area (Å²) in [5.74, 6) is 1.04. The van der Waals surface area contributed by atoms with Gasteiger partial charge in [-0.15, -0.1) is 0 Å². The molecule has 1 aliphatic heterocycles. The van der Waals surface area contributed by atoms with Crippen LogP contribution in [0.2, 0.25) is 0 Å². The summed E-state index contributed by atoms with van der Waals surface area (Å²) in [7, 11) is 3.04. The number of rotatable bonds is 4. The molecule has 0 fully saturated rings. The van der Waals surface area contributed by atoms with Crippen molar-refractivity contribution in [2.75, 3.05) is 24.9 Å². The maximum absolute atomic E-state index is 12.4. The molecule has 3 rings (SSSR count). The lowest BCUT2D eigenvalue weighted by Gasteiger charge is -2.23. The molecule has 1 heterocycles. The number of carbonyl (C=O) groups excluding carboxylic acids is 2. The lowest BCUT2D eigenvalue weighted by atomic mass is 10.1. The highest BCUT2D eigenvalue weighted by Crippen LogP contribution is 2.32. The van der Waals surface area contributed by atoms with Gasteiger partial charge in [-0.1, -0.05) is 0 Å². The molecule has 0 radical (unpaired) electrons. The van der Waals surface area contributed by atoms with E-state index in [4.69, 9.17) is 14.2 Å². The van der Waals surface area contributed by atoms with Crippen molar-refractivity contribution in [3.8, 4) is 17.2 Å². The molecule has 7 nitrogen and oxygen atoms in total. The van der Waals surface area contributed by atoms with E-state index in [0.29, 0.717) is 34.2 Å². The topological polar surface area (TPSA) is 85.9 Å². The molecule has 130 valence electrons. The number of anilines is 2. The molecule has 0 aliphatic carbocycles. The van der Waals surface area contributed by atoms with Gasteiger partial charge in [0.1, 0.15) is 5.75 Å². The molecule has 0 bridgehead atoms. The minimum absolute atomic E-state index is 0.226. The number of nitrogens with one attached hydrogen (secondary N) is 2. The summed E-state index contributed by atoms with van der Waals surface area (Å²) in [6.45, 7) is 1.67. The van der Waals surface area contributed by atoms with Crippen molar-refractivity contribution in [1.29, 1.82) is 0 Å². The number of methoxy groups -OCH3 is 2. The fourth-order valence-corrected chi connectivity index (χ4v) is 2.47. The zero-order valence-corrected chi connectivity index (χ0v) is 14.1. The summed E-state index contributed by atoms with van der Waals surface area (Å²) in [6, 6.07) is 9.96.